The van der Waals surface area contributed by atoms with Crippen molar-refractivity contribution in [1.29, 1.82) is 0 Å². The minimum atomic E-state index is -0.0356. The summed E-state index contributed by atoms with van der Waals surface area (Å²) in [5.74, 6) is 3.95. The van der Waals surface area contributed by atoms with Crippen LogP contribution in [-0.4, -0.2) is 24.1 Å². The summed E-state index contributed by atoms with van der Waals surface area (Å²) in [5, 5.41) is 0. The number of hydrogen-bond acceptors (Lipinski definition) is 3. The molecule has 0 amide bonds. The first-order chi connectivity index (χ1) is 6.24. The van der Waals surface area contributed by atoms with Crippen LogP contribution in [0.25, 0.3) is 0 Å². The fraction of sp³-hybridized carbons (Fsp3) is 0.900. The van der Waals surface area contributed by atoms with Gasteiger partial charge in [-0.2, -0.15) is 11.8 Å². The second-order valence-electron chi connectivity index (χ2n) is 3.62. The van der Waals surface area contributed by atoms with Gasteiger partial charge in [0.05, 0.1) is 6.61 Å². The average Bonchev–Trinajstić information content (AvgIpc) is 2.48. The lowest BCUT2D eigenvalue weighted by Gasteiger charge is -2.12. The largest absolute Gasteiger partial charge is 0.466 e. The Hall–Kier alpha value is -0.180. The third-order valence-electron chi connectivity index (χ3n) is 2.54. The van der Waals surface area contributed by atoms with Gasteiger partial charge in [0.15, 0.2) is 0 Å². The van der Waals surface area contributed by atoms with Gasteiger partial charge in [0.1, 0.15) is 0 Å². The molecule has 1 aliphatic rings. The summed E-state index contributed by atoms with van der Waals surface area (Å²) < 4.78 is 4.89. The highest BCUT2D eigenvalue weighted by molar-refractivity contribution is 7.99. The van der Waals surface area contributed by atoms with Crippen LogP contribution < -0.4 is 0 Å². The molecule has 0 aromatic rings. The van der Waals surface area contributed by atoms with Gasteiger partial charge < -0.3 is 4.74 Å². The maximum atomic E-state index is 11.1. The third kappa shape index (κ3) is 3.59. The number of thioether (sulfide) groups is 1. The molecule has 0 aromatic carbocycles. The Balaban J connectivity index is 2.14. The second-order valence-corrected chi connectivity index (χ2v) is 4.69. The van der Waals surface area contributed by atoms with Crippen LogP contribution in [0.1, 0.15) is 26.7 Å². The number of ether oxygens (including phenoxy) is 1. The number of rotatable bonds is 4. The number of hydrogen-bond donors (Lipinski definition) is 0. The fourth-order valence-corrected chi connectivity index (χ4v) is 3.19. The van der Waals surface area contributed by atoms with Gasteiger partial charge in [0.2, 0.25) is 0 Å². The molecule has 0 radical (unpaired) electrons. The minimum absolute atomic E-state index is 0.0356. The first-order valence-electron chi connectivity index (χ1n) is 4.97. The lowest BCUT2D eigenvalue weighted by molar-refractivity contribution is -0.143. The van der Waals surface area contributed by atoms with Crippen molar-refractivity contribution in [2.45, 2.75) is 26.7 Å². The molecule has 13 heavy (non-hydrogen) atoms. The van der Waals surface area contributed by atoms with Gasteiger partial charge in [-0.1, -0.05) is 6.92 Å². The highest BCUT2D eigenvalue weighted by Gasteiger charge is 2.24. The second kappa shape index (κ2) is 5.53. The van der Waals surface area contributed by atoms with Crippen molar-refractivity contribution < 1.29 is 9.53 Å². The van der Waals surface area contributed by atoms with E-state index in [4.69, 9.17) is 4.74 Å². The number of esters is 1. The molecule has 2 atom stereocenters. The monoisotopic (exact) mass is 202 g/mol. The molecular formula is C10H18O2S. The zero-order chi connectivity index (χ0) is 9.68. The van der Waals surface area contributed by atoms with E-state index in [1.165, 1.54) is 11.5 Å². The first kappa shape index (κ1) is 10.9. The zero-order valence-corrected chi connectivity index (χ0v) is 9.23. The van der Waals surface area contributed by atoms with Crippen LogP contribution in [0.3, 0.4) is 0 Å². The Morgan fingerprint density at radius 3 is 2.85 bits per heavy atom. The van der Waals surface area contributed by atoms with E-state index < -0.39 is 0 Å². The van der Waals surface area contributed by atoms with Crippen molar-refractivity contribution in [3.05, 3.63) is 0 Å². The average molecular weight is 202 g/mol. The molecule has 0 aliphatic carbocycles. The summed E-state index contributed by atoms with van der Waals surface area (Å²) in [6, 6.07) is 0. The predicted molar refractivity (Wildman–Crippen MR) is 55.8 cm³/mol. The molecule has 1 fully saturated rings. The molecule has 0 aromatic heterocycles. The summed E-state index contributed by atoms with van der Waals surface area (Å²) in [5.41, 5.74) is 0. The van der Waals surface area contributed by atoms with Crippen LogP contribution in [0.15, 0.2) is 0 Å². The van der Waals surface area contributed by atoms with Gasteiger partial charge in [-0.15, -0.1) is 0 Å². The molecule has 0 N–H and O–H groups in total. The summed E-state index contributed by atoms with van der Waals surface area (Å²) in [6.45, 7) is 4.63. The summed E-state index contributed by atoms with van der Waals surface area (Å²) in [6.07, 6.45) is 1.61. The van der Waals surface area contributed by atoms with E-state index in [-0.39, 0.29) is 5.97 Å². The molecule has 0 saturated carbocycles. The van der Waals surface area contributed by atoms with E-state index in [9.17, 15) is 4.79 Å². The van der Waals surface area contributed by atoms with Crippen LogP contribution in [0.4, 0.5) is 0 Å². The van der Waals surface area contributed by atoms with Gasteiger partial charge in [0.25, 0.3) is 0 Å². The minimum Gasteiger partial charge on any atom is -0.466 e. The Morgan fingerprint density at radius 2 is 2.31 bits per heavy atom. The van der Waals surface area contributed by atoms with Crippen LogP contribution in [-0.2, 0) is 9.53 Å². The summed E-state index contributed by atoms with van der Waals surface area (Å²) in [7, 11) is 0. The van der Waals surface area contributed by atoms with Crippen molar-refractivity contribution in [3.63, 3.8) is 0 Å². The smallest absolute Gasteiger partial charge is 0.305 e. The number of carbonyl (C=O) groups excluding carboxylic acids is 1. The van der Waals surface area contributed by atoms with Gasteiger partial charge in [0, 0.05) is 6.42 Å². The van der Waals surface area contributed by atoms with Gasteiger partial charge in [-0.3, -0.25) is 4.79 Å². The molecule has 3 heteroatoms. The molecular weight excluding hydrogens is 184 g/mol. The van der Waals surface area contributed by atoms with Crippen LogP contribution in [0.2, 0.25) is 0 Å². The Kier molecular flexibility index (Phi) is 4.64. The molecule has 1 aliphatic heterocycles. The van der Waals surface area contributed by atoms with E-state index in [0.29, 0.717) is 13.0 Å². The fourth-order valence-electron chi connectivity index (χ4n) is 1.61. The zero-order valence-electron chi connectivity index (χ0n) is 8.41. The quantitative estimate of drug-likeness (QED) is 0.654. The van der Waals surface area contributed by atoms with Crippen molar-refractivity contribution in [2.24, 2.45) is 11.8 Å². The Labute approximate surface area is 84.4 Å². The molecule has 2 unspecified atom stereocenters. The normalized spacial score (nSPS) is 27.5. The van der Waals surface area contributed by atoms with Gasteiger partial charge in [-0.25, -0.2) is 0 Å². The SMILES string of the molecule is CCOC(=O)CCC1CSCC1C. The van der Waals surface area contributed by atoms with E-state index in [0.717, 1.165) is 18.3 Å². The lowest BCUT2D eigenvalue weighted by Crippen LogP contribution is -2.12. The molecule has 1 saturated heterocycles. The summed E-state index contributed by atoms with van der Waals surface area (Å²) in [4.78, 5) is 11.1. The van der Waals surface area contributed by atoms with E-state index >= 15 is 0 Å². The van der Waals surface area contributed by atoms with Crippen molar-refractivity contribution in [2.75, 3.05) is 18.1 Å². The van der Waals surface area contributed by atoms with Gasteiger partial charge in [-0.05, 0) is 36.7 Å². The van der Waals surface area contributed by atoms with Crippen LogP contribution >= 0.6 is 11.8 Å². The molecule has 1 rings (SSSR count). The molecule has 2 nitrogen and oxygen atoms in total. The standard InChI is InChI=1S/C10H18O2S/c1-3-12-10(11)5-4-9-7-13-6-8(9)2/h8-9H,3-7H2,1-2H3. The van der Waals surface area contributed by atoms with E-state index in [2.05, 4.69) is 6.92 Å². The Bertz CT molecular complexity index is 170. The first-order valence-corrected chi connectivity index (χ1v) is 6.13. The van der Waals surface area contributed by atoms with E-state index in [1.807, 2.05) is 18.7 Å². The maximum Gasteiger partial charge on any atom is 0.305 e. The maximum absolute atomic E-state index is 11.1. The Morgan fingerprint density at radius 1 is 1.54 bits per heavy atom. The molecule has 76 valence electrons. The van der Waals surface area contributed by atoms with Crippen molar-refractivity contribution in [1.82, 2.24) is 0 Å². The molecule has 0 bridgehead atoms. The van der Waals surface area contributed by atoms with Gasteiger partial charge >= 0.3 is 5.97 Å². The molecule has 1 heterocycles. The topological polar surface area (TPSA) is 26.3 Å². The summed E-state index contributed by atoms with van der Waals surface area (Å²) >= 11 is 2.00. The highest BCUT2D eigenvalue weighted by atomic mass is 32.2. The molecule has 0 spiro atoms. The predicted octanol–water partition coefficient (Wildman–Crippen LogP) is 2.33. The third-order valence-corrected chi connectivity index (χ3v) is 3.97. The van der Waals surface area contributed by atoms with Crippen LogP contribution in [0, 0.1) is 11.8 Å². The lowest BCUT2D eigenvalue weighted by atomic mass is 9.93. The van der Waals surface area contributed by atoms with Crippen molar-refractivity contribution >= 4 is 17.7 Å². The number of carbonyl (C=O) groups is 1. The van der Waals surface area contributed by atoms with Crippen LogP contribution in [0.5, 0.6) is 0 Å². The highest BCUT2D eigenvalue weighted by Crippen LogP contribution is 2.32. The van der Waals surface area contributed by atoms with E-state index in [1.54, 1.807) is 0 Å². The van der Waals surface area contributed by atoms with Crippen molar-refractivity contribution in [3.8, 4) is 0 Å².